The first-order valence-electron chi connectivity index (χ1n) is 9.16. The molecule has 29 heavy (non-hydrogen) atoms. The molecule has 0 unspecified atom stereocenters. The first-order chi connectivity index (χ1) is 13.6. The molecule has 0 aliphatic heterocycles. The van der Waals surface area contributed by atoms with Gasteiger partial charge in [0.05, 0.1) is 11.6 Å². The lowest BCUT2D eigenvalue weighted by molar-refractivity contribution is -0.143. The number of benzene rings is 1. The van der Waals surface area contributed by atoms with Crippen molar-refractivity contribution in [3.8, 4) is 17.4 Å². The van der Waals surface area contributed by atoms with Gasteiger partial charge in [-0.25, -0.2) is 8.91 Å². The van der Waals surface area contributed by atoms with Gasteiger partial charge in [0.2, 0.25) is 5.88 Å². The normalized spacial score (nSPS) is 11.9. The quantitative estimate of drug-likeness (QED) is 0.507. The first-order valence-corrected chi connectivity index (χ1v) is 9.16. The van der Waals surface area contributed by atoms with Crippen molar-refractivity contribution in [1.29, 1.82) is 0 Å². The minimum absolute atomic E-state index is 0.0472. The number of aromatic amines is 1. The summed E-state index contributed by atoms with van der Waals surface area (Å²) in [6, 6.07) is 5.02. The minimum atomic E-state index is -0.654. The predicted octanol–water partition coefficient (Wildman–Crippen LogP) is 4.71. The molecule has 8 heteroatoms. The molecule has 0 spiro atoms. The minimum Gasteiger partial charge on any atom is -0.434 e. The predicted molar refractivity (Wildman–Crippen MR) is 106 cm³/mol. The van der Waals surface area contributed by atoms with E-state index in [1.54, 1.807) is 52.1 Å². The Balaban J connectivity index is 1.75. The molecule has 0 fully saturated rings. The molecule has 0 saturated heterocycles. The standard InChI is InChI=1S/C21H21FN4O3/c1-11-8-13-14(25-11)6-7-15(17(13)22)28-19-18-12(2)16(9-26(18)24-10-23-19)29-20(27)21(3,4)5/h6-10,25H,1-5H3. The zero-order valence-corrected chi connectivity index (χ0v) is 16.8. The number of hydrogen-bond donors (Lipinski definition) is 1. The topological polar surface area (TPSA) is 81.5 Å². The Labute approximate surface area is 166 Å². The van der Waals surface area contributed by atoms with Crippen molar-refractivity contribution in [2.75, 3.05) is 0 Å². The van der Waals surface area contributed by atoms with Gasteiger partial charge in [0.15, 0.2) is 17.3 Å². The van der Waals surface area contributed by atoms with Gasteiger partial charge < -0.3 is 14.5 Å². The van der Waals surface area contributed by atoms with E-state index in [2.05, 4.69) is 15.1 Å². The van der Waals surface area contributed by atoms with E-state index in [0.29, 0.717) is 27.7 Å². The summed E-state index contributed by atoms with van der Waals surface area (Å²) in [7, 11) is 0. The zero-order valence-electron chi connectivity index (χ0n) is 16.8. The number of H-pyrrole nitrogens is 1. The summed E-state index contributed by atoms with van der Waals surface area (Å²) < 4.78 is 27.7. The van der Waals surface area contributed by atoms with Crippen molar-refractivity contribution in [1.82, 2.24) is 19.6 Å². The average molecular weight is 396 g/mol. The first kappa shape index (κ1) is 18.9. The molecule has 0 atom stereocenters. The highest BCUT2D eigenvalue weighted by Crippen LogP contribution is 2.35. The second-order valence-corrected chi connectivity index (χ2v) is 8.01. The van der Waals surface area contributed by atoms with Crippen molar-refractivity contribution in [2.45, 2.75) is 34.6 Å². The molecule has 3 heterocycles. The molecule has 1 N–H and O–H groups in total. The van der Waals surface area contributed by atoms with Crippen LogP contribution in [0.25, 0.3) is 16.4 Å². The Morgan fingerprint density at radius 2 is 1.97 bits per heavy atom. The van der Waals surface area contributed by atoms with Crippen LogP contribution in [0.15, 0.2) is 30.7 Å². The molecule has 0 bridgehead atoms. The van der Waals surface area contributed by atoms with Crippen LogP contribution in [0.3, 0.4) is 0 Å². The molecule has 3 aromatic heterocycles. The molecule has 0 aliphatic carbocycles. The SMILES string of the molecule is Cc1cc2c(F)c(Oc3ncnn4cc(OC(=O)C(C)(C)C)c(C)c34)ccc2[nH]1. The number of esters is 1. The van der Waals surface area contributed by atoms with Gasteiger partial charge in [0.1, 0.15) is 11.8 Å². The number of ether oxygens (including phenoxy) is 2. The smallest absolute Gasteiger partial charge is 0.316 e. The molecule has 7 nitrogen and oxygen atoms in total. The monoisotopic (exact) mass is 396 g/mol. The number of aryl methyl sites for hydroxylation is 2. The van der Waals surface area contributed by atoms with Crippen molar-refractivity contribution in [3.63, 3.8) is 0 Å². The van der Waals surface area contributed by atoms with E-state index < -0.39 is 11.2 Å². The molecular weight excluding hydrogens is 375 g/mol. The molecule has 0 aliphatic rings. The van der Waals surface area contributed by atoms with Gasteiger partial charge in [-0.15, -0.1) is 0 Å². The van der Waals surface area contributed by atoms with E-state index in [1.165, 1.54) is 10.8 Å². The largest absolute Gasteiger partial charge is 0.434 e. The van der Waals surface area contributed by atoms with Crippen LogP contribution in [0.1, 0.15) is 32.0 Å². The van der Waals surface area contributed by atoms with Crippen molar-refractivity contribution >= 4 is 22.4 Å². The highest BCUT2D eigenvalue weighted by atomic mass is 19.1. The Hall–Kier alpha value is -3.42. The fourth-order valence-electron chi connectivity index (χ4n) is 3.01. The molecule has 1 aromatic carbocycles. The Bertz CT molecular complexity index is 1250. The fraction of sp³-hybridized carbons (Fsp3) is 0.286. The number of carbonyl (C=O) groups is 1. The maximum Gasteiger partial charge on any atom is 0.316 e. The lowest BCUT2D eigenvalue weighted by Gasteiger charge is -2.15. The van der Waals surface area contributed by atoms with Gasteiger partial charge in [-0.2, -0.15) is 10.1 Å². The number of rotatable bonds is 3. The molecule has 0 amide bonds. The Kier molecular flexibility index (Phi) is 4.29. The molecule has 150 valence electrons. The fourth-order valence-corrected chi connectivity index (χ4v) is 3.01. The average Bonchev–Trinajstić information content (AvgIpc) is 3.18. The maximum atomic E-state index is 14.9. The van der Waals surface area contributed by atoms with Crippen LogP contribution < -0.4 is 9.47 Å². The van der Waals surface area contributed by atoms with Gasteiger partial charge in [-0.3, -0.25) is 4.79 Å². The Morgan fingerprint density at radius 1 is 1.21 bits per heavy atom. The van der Waals surface area contributed by atoms with Crippen molar-refractivity contribution in [3.05, 3.63) is 47.8 Å². The summed E-state index contributed by atoms with van der Waals surface area (Å²) in [5, 5.41) is 4.59. The van der Waals surface area contributed by atoms with E-state index in [4.69, 9.17) is 9.47 Å². The summed E-state index contributed by atoms with van der Waals surface area (Å²) in [5.41, 5.74) is 2.01. The second kappa shape index (κ2) is 6.58. The van der Waals surface area contributed by atoms with Crippen LogP contribution in [0.5, 0.6) is 17.4 Å². The molecule has 0 radical (unpaired) electrons. The van der Waals surface area contributed by atoms with Crippen LogP contribution in [-0.4, -0.2) is 25.6 Å². The number of halogens is 1. The summed E-state index contributed by atoms with van der Waals surface area (Å²) in [6.45, 7) is 8.95. The van der Waals surface area contributed by atoms with Gasteiger partial charge in [-0.1, -0.05) is 0 Å². The van der Waals surface area contributed by atoms with Gasteiger partial charge in [-0.05, 0) is 52.8 Å². The summed E-state index contributed by atoms with van der Waals surface area (Å²) in [5.74, 6) is -0.280. The van der Waals surface area contributed by atoms with Crippen LogP contribution in [0, 0.1) is 25.1 Å². The lowest BCUT2D eigenvalue weighted by atomic mass is 9.97. The van der Waals surface area contributed by atoms with E-state index in [0.717, 1.165) is 5.69 Å². The van der Waals surface area contributed by atoms with Crippen LogP contribution in [-0.2, 0) is 4.79 Å². The number of nitrogens with one attached hydrogen (secondary N) is 1. The van der Waals surface area contributed by atoms with Gasteiger partial charge >= 0.3 is 5.97 Å². The number of carbonyl (C=O) groups excluding carboxylic acids is 1. The third kappa shape index (κ3) is 3.30. The molecule has 4 rings (SSSR count). The molecular formula is C21H21FN4O3. The molecule has 4 aromatic rings. The van der Waals surface area contributed by atoms with Crippen LogP contribution in [0.2, 0.25) is 0 Å². The van der Waals surface area contributed by atoms with Gasteiger partial charge in [0.25, 0.3) is 0 Å². The number of hydrogen-bond acceptors (Lipinski definition) is 5. The van der Waals surface area contributed by atoms with E-state index in [1.807, 2.05) is 6.92 Å². The van der Waals surface area contributed by atoms with Crippen LogP contribution >= 0.6 is 0 Å². The highest BCUT2D eigenvalue weighted by Gasteiger charge is 2.26. The van der Waals surface area contributed by atoms with E-state index >= 15 is 0 Å². The van der Waals surface area contributed by atoms with Crippen molar-refractivity contribution < 1.29 is 18.7 Å². The zero-order chi connectivity index (χ0) is 20.9. The van der Waals surface area contributed by atoms with E-state index in [9.17, 15) is 9.18 Å². The van der Waals surface area contributed by atoms with Gasteiger partial charge in [0, 0.05) is 22.2 Å². The van der Waals surface area contributed by atoms with E-state index in [-0.39, 0.29) is 17.6 Å². The van der Waals surface area contributed by atoms with Crippen LogP contribution in [0.4, 0.5) is 4.39 Å². The second-order valence-electron chi connectivity index (χ2n) is 8.01. The third-order valence-electron chi connectivity index (χ3n) is 4.61. The maximum absolute atomic E-state index is 14.9. The number of fused-ring (bicyclic) bond motifs is 2. The summed E-state index contributed by atoms with van der Waals surface area (Å²) in [6.07, 6.45) is 2.88. The third-order valence-corrected chi connectivity index (χ3v) is 4.61. The van der Waals surface area contributed by atoms with Crippen molar-refractivity contribution in [2.24, 2.45) is 5.41 Å². The summed E-state index contributed by atoms with van der Waals surface area (Å²) >= 11 is 0. The number of nitrogens with zero attached hydrogens (tertiary/aromatic N) is 3. The lowest BCUT2D eigenvalue weighted by Crippen LogP contribution is -2.25. The Morgan fingerprint density at radius 3 is 2.69 bits per heavy atom. The molecule has 0 saturated carbocycles. The highest BCUT2D eigenvalue weighted by molar-refractivity contribution is 5.83. The number of aromatic nitrogens is 4. The summed E-state index contributed by atoms with van der Waals surface area (Å²) in [4.78, 5) is 19.5.